The molecule has 3 nitrogen and oxygen atoms in total. The van der Waals surface area contributed by atoms with Crippen LogP contribution in [0.4, 0.5) is 4.39 Å². The van der Waals surface area contributed by atoms with Gasteiger partial charge in [-0.1, -0.05) is 24.8 Å². The Balaban J connectivity index is 2.15. The third-order valence-corrected chi connectivity index (χ3v) is 4.33. The predicted molar refractivity (Wildman–Crippen MR) is 80.4 cm³/mol. The molecule has 1 heterocycles. The average molecular weight is 293 g/mol. The molecule has 0 bridgehead atoms. The third-order valence-electron chi connectivity index (χ3n) is 3.19. The molecule has 0 aliphatic carbocycles. The van der Waals surface area contributed by atoms with Gasteiger partial charge in [0.1, 0.15) is 5.82 Å². The van der Waals surface area contributed by atoms with Gasteiger partial charge in [-0.3, -0.25) is 4.68 Å². The van der Waals surface area contributed by atoms with E-state index < -0.39 is 0 Å². The quantitative estimate of drug-likeness (QED) is 0.920. The summed E-state index contributed by atoms with van der Waals surface area (Å²) in [6.07, 6.45) is 1.61. The molecule has 0 aliphatic heterocycles. The Labute approximate surface area is 123 Å². The Kier molecular flexibility index (Phi) is 4.83. The lowest BCUT2D eigenvalue weighted by molar-refractivity contribution is 0.592. The molecular weight excluding hydrogens is 273 g/mol. The van der Waals surface area contributed by atoms with Gasteiger partial charge in [0, 0.05) is 18.0 Å². The maximum absolute atomic E-state index is 14.1. The molecular formula is C15H20FN3S. The van der Waals surface area contributed by atoms with E-state index >= 15 is 0 Å². The van der Waals surface area contributed by atoms with Crippen LogP contribution in [0.3, 0.4) is 0 Å². The number of hydrogen-bond acceptors (Lipinski definition) is 3. The van der Waals surface area contributed by atoms with Gasteiger partial charge in [0.15, 0.2) is 0 Å². The lowest BCUT2D eigenvalue weighted by Crippen LogP contribution is -2.21. The first-order valence-electron chi connectivity index (χ1n) is 6.72. The second-order valence-corrected chi connectivity index (χ2v) is 6.05. The van der Waals surface area contributed by atoms with Crippen molar-refractivity contribution in [2.24, 2.45) is 12.8 Å². The van der Waals surface area contributed by atoms with Crippen molar-refractivity contribution >= 4 is 11.8 Å². The molecule has 0 amide bonds. The zero-order chi connectivity index (χ0) is 14.7. The summed E-state index contributed by atoms with van der Waals surface area (Å²) in [7, 11) is 1.86. The summed E-state index contributed by atoms with van der Waals surface area (Å²) in [6.45, 7) is 3.96. The van der Waals surface area contributed by atoms with Gasteiger partial charge >= 0.3 is 0 Å². The molecule has 5 heteroatoms. The fourth-order valence-corrected chi connectivity index (χ4v) is 2.92. The Morgan fingerprint density at radius 1 is 1.40 bits per heavy atom. The number of hydrogen-bond donors (Lipinski definition) is 1. The van der Waals surface area contributed by atoms with E-state index in [9.17, 15) is 4.39 Å². The molecule has 0 spiro atoms. The Bertz CT molecular complexity index is 595. The first kappa shape index (κ1) is 15.1. The lowest BCUT2D eigenvalue weighted by Gasteiger charge is -2.10. The monoisotopic (exact) mass is 293 g/mol. The summed E-state index contributed by atoms with van der Waals surface area (Å²) < 4.78 is 15.9. The third kappa shape index (κ3) is 3.61. The molecule has 1 aromatic heterocycles. The van der Waals surface area contributed by atoms with Gasteiger partial charge in [-0.2, -0.15) is 5.10 Å². The van der Waals surface area contributed by atoms with Gasteiger partial charge in [0.25, 0.3) is 0 Å². The molecule has 2 rings (SSSR count). The minimum atomic E-state index is -0.199. The lowest BCUT2D eigenvalue weighted by atomic mass is 10.0. The molecule has 0 fully saturated rings. The largest absolute Gasteiger partial charge is 0.327 e. The standard InChI is InChI=1S/C15H20FN3S/c1-4-12(17)8-11-5-6-14(13(16)9-11)20-15-7-10(2)18-19(15)3/h5-7,9,12H,4,8,17H2,1-3H3. The van der Waals surface area contributed by atoms with E-state index in [2.05, 4.69) is 5.10 Å². The van der Waals surface area contributed by atoms with E-state index in [1.54, 1.807) is 10.7 Å². The van der Waals surface area contributed by atoms with Crippen molar-refractivity contribution in [2.45, 2.75) is 42.7 Å². The van der Waals surface area contributed by atoms with Crippen molar-refractivity contribution in [3.05, 3.63) is 41.3 Å². The molecule has 108 valence electrons. The van der Waals surface area contributed by atoms with E-state index in [0.717, 1.165) is 22.7 Å². The van der Waals surface area contributed by atoms with Gasteiger partial charge < -0.3 is 5.73 Å². The van der Waals surface area contributed by atoms with Gasteiger partial charge in [-0.15, -0.1) is 0 Å². The Morgan fingerprint density at radius 3 is 2.70 bits per heavy atom. The summed E-state index contributed by atoms with van der Waals surface area (Å²) in [5.74, 6) is -0.199. The highest BCUT2D eigenvalue weighted by Gasteiger charge is 2.10. The van der Waals surface area contributed by atoms with E-state index in [0.29, 0.717) is 11.3 Å². The molecule has 0 saturated heterocycles. The molecule has 1 unspecified atom stereocenters. The second kappa shape index (κ2) is 6.41. The Hall–Kier alpha value is -1.33. The van der Waals surface area contributed by atoms with Gasteiger partial charge in [-0.25, -0.2) is 4.39 Å². The van der Waals surface area contributed by atoms with Crippen molar-refractivity contribution in [1.82, 2.24) is 9.78 Å². The molecule has 20 heavy (non-hydrogen) atoms. The fraction of sp³-hybridized carbons (Fsp3) is 0.400. The minimum absolute atomic E-state index is 0.0904. The van der Waals surface area contributed by atoms with Crippen LogP contribution in [0.2, 0.25) is 0 Å². The van der Waals surface area contributed by atoms with Crippen LogP contribution in [0, 0.1) is 12.7 Å². The summed E-state index contributed by atoms with van der Waals surface area (Å²) in [4.78, 5) is 0.613. The topological polar surface area (TPSA) is 43.8 Å². The van der Waals surface area contributed by atoms with Crippen LogP contribution < -0.4 is 5.73 Å². The van der Waals surface area contributed by atoms with Crippen molar-refractivity contribution in [1.29, 1.82) is 0 Å². The van der Waals surface area contributed by atoms with Gasteiger partial charge in [-0.05, 0) is 43.5 Å². The van der Waals surface area contributed by atoms with Crippen LogP contribution in [-0.4, -0.2) is 15.8 Å². The van der Waals surface area contributed by atoms with Crippen molar-refractivity contribution < 1.29 is 4.39 Å². The van der Waals surface area contributed by atoms with E-state index in [1.807, 2.05) is 39.1 Å². The number of aromatic nitrogens is 2. The van der Waals surface area contributed by atoms with Crippen molar-refractivity contribution in [2.75, 3.05) is 0 Å². The number of nitrogens with two attached hydrogens (primary N) is 1. The zero-order valence-corrected chi connectivity index (χ0v) is 12.9. The van der Waals surface area contributed by atoms with Crippen LogP contribution in [0.1, 0.15) is 24.6 Å². The maximum Gasteiger partial charge on any atom is 0.137 e. The Morgan fingerprint density at radius 2 is 2.15 bits per heavy atom. The number of nitrogens with zero attached hydrogens (tertiary/aromatic N) is 2. The maximum atomic E-state index is 14.1. The van der Waals surface area contributed by atoms with Crippen LogP contribution in [0.15, 0.2) is 34.2 Å². The van der Waals surface area contributed by atoms with Gasteiger partial charge in [0.2, 0.25) is 0 Å². The van der Waals surface area contributed by atoms with Crippen molar-refractivity contribution in [3.63, 3.8) is 0 Å². The molecule has 0 radical (unpaired) electrons. The molecule has 1 aromatic carbocycles. The zero-order valence-electron chi connectivity index (χ0n) is 12.1. The predicted octanol–water partition coefficient (Wildman–Crippen LogP) is 3.30. The number of benzene rings is 1. The van der Waals surface area contributed by atoms with Crippen molar-refractivity contribution in [3.8, 4) is 0 Å². The van der Waals surface area contributed by atoms with Crippen LogP contribution in [0.5, 0.6) is 0 Å². The summed E-state index contributed by atoms with van der Waals surface area (Å²) >= 11 is 1.39. The molecule has 1 atom stereocenters. The van der Waals surface area contributed by atoms with E-state index in [4.69, 9.17) is 5.73 Å². The first-order chi connectivity index (χ1) is 9.49. The molecule has 0 saturated carbocycles. The summed E-state index contributed by atoms with van der Waals surface area (Å²) in [6, 6.07) is 7.39. The highest BCUT2D eigenvalue weighted by molar-refractivity contribution is 7.99. The normalized spacial score (nSPS) is 12.7. The number of aryl methyl sites for hydroxylation is 2. The van der Waals surface area contributed by atoms with E-state index in [-0.39, 0.29) is 11.9 Å². The molecule has 2 aromatic rings. The number of rotatable bonds is 5. The fourth-order valence-electron chi connectivity index (χ4n) is 2.00. The summed E-state index contributed by atoms with van der Waals surface area (Å²) in [5.41, 5.74) is 7.78. The highest BCUT2D eigenvalue weighted by Crippen LogP contribution is 2.30. The SMILES string of the molecule is CCC(N)Cc1ccc(Sc2cc(C)nn2C)c(F)c1. The summed E-state index contributed by atoms with van der Waals surface area (Å²) in [5, 5.41) is 5.19. The van der Waals surface area contributed by atoms with Crippen LogP contribution in [0.25, 0.3) is 0 Å². The molecule has 0 aliphatic rings. The van der Waals surface area contributed by atoms with Crippen LogP contribution >= 0.6 is 11.8 Å². The van der Waals surface area contributed by atoms with Crippen LogP contribution in [-0.2, 0) is 13.5 Å². The minimum Gasteiger partial charge on any atom is -0.327 e. The molecule has 2 N–H and O–H groups in total. The van der Waals surface area contributed by atoms with Gasteiger partial charge in [0.05, 0.1) is 10.7 Å². The number of halogens is 1. The average Bonchev–Trinajstić information content (AvgIpc) is 2.71. The second-order valence-electron chi connectivity index (χ2n) is 4.99. The van der Waals surface area contributed by atoms with E-state index in [1.165, 1.54) is 11.8 Å². The smallest absolute Gasteiger partial charge is 0.137 e. The highest BCUT2D eigenvalue weighted by atomic mass is 32.2. The first-order valence-corrected chi connectivity index (χ1v) is 7.53.